The predicted octanol–water partition coefficient (Wildman–Crippen LogP) is 1.89. The fourth-order valence-corrected chi connectivity index (χ4v) is 1.23. The van der Waals surface area contributed by atoms with Gasteiger partial charge in [-0.3, -0.25) is 0 Å². The first kappa shape index (κ1) is 14.2. The van der Waals surface area contributed by atoms with E-state index in [1.165, 1.54) is 0 Å². The normalized spacial score (nSPS) is 13.4. The molecule has 0 aromatic carbocycles. The Kier molecular flexibility index (Phi) is 6.32. The van der Waals surface area contributed by atoms with Gasteiger partial charge in [-0.1, -0.05) is 13.3 Å². The lowest BCUT2D eigenvalue weighted by molar-refractivity contribution is 0.0518. The number of hydrogen-bond donors (Lipinski definition) is 2. The van der Waals surface area contributed by atoms with Gasteiger partial charge in [0.2, 0.25) is 0 Å². The summed E-state index contributed by atoms with van der Waals surface area (Å²) in [5.41, 5.74) is 5.04. The Bertz CT molecular complexity index is 188. The van der Waals surface area contributed by atoms with E-state index in [2.05, 4.69) is 12.2 Å². The Balaban J connectivity index is 3.78. The zero-order valence-electron chi connectivity index (χ0n) is 10.3. The number of hydrogen-bond acceptors (Lipinski definition) is 3. The largest absolute Gasteiger partial charge is 0.444 e. The second-order valence-corrected chi connectivity index (χ2v) is 4.73. The monoisotopic (exact) mass is 216 g/mol. The number of carbonyl (C=O) groups is 1. The van der Waals surface area contributed by atoms with Crippen LogP contribution in [0.25, 0.3) is 0 Å². The SMILES string of the molecule is CCC(CCN)CNC(=O)OC(C)(C)C. The highest BCUT2D eigenvalue weighted by Gasteiger charge is 2.16. The van der Waals surface area contributed by atoms with Crippen molar-refractivity contribution in [3.63, 3.8) is 0 Å². The lowest BCUT2D eigenvalue weighted by Gasteiger charge is -2.21. The Morgan fingerprint density at radius 3 is 2.47 bits per heavy atom. The maximum absolute atomic E-state index is 11.3. The molecule has 4 nitrogen and oxygen atoms in total. The van der Waals surface area contributed by atoms with Crippen molar-refractivity contribution in [2.45, 2.75) is 46.1 Å². The third-order valence-electron chi connectivity index (χ3n) is 2.09. The van der Waals surface area contributed by atoms with Crippen molar-refractivity contribution in [1.29, 1.82) is 0 Å². The summed E-state index contributed by atoms with van der Waals surface area (Å²) < 4.78 is 5.13. The topological polar surface area (TPSA) is 64.3 Å². The molecule has 0 radical (unpaired) electrons. The van der Waals surface area contributed by atoms with Gasteiger partial charge in [-0.05, 0) is 39.7 Å². The summed E-state index contributed by atoms with van der Waals surface area (Å²) in [6.45, 7) is 8.95. The number of ether oxygens (including phenoxy) is 1. The smallest absolute Gasteiger partial charge is 0.407 e. The van der Waals surface area contributed by atoms with Crippen molar-refractivity contribution < 1.29 is 9.53 Å². The molecule has 0 aliphatic rings. The first-order chi connectivity index (χ1) is 6.89. The number of nitrogens with one attached hydrogen (secondary N) is 1. The second-order valence-electron chi connectivity index (χ2n) is 4.73. The highest BCUT2D eigenvalue weighted by molar-refractivity contribution is 5.67. The van der Waals surface area contributed by atoms with Crippen LogP contribution in [0.4, 0.5) is 4.79 Å². The van der Waals surface area contributed by atoms with E-state index in [0.29, 0.717) is 19.0 Å². The molecular weight excluding hydrogens is 192 g/mol. The molecule has 15 heavy (non-hydrogen) atoms. The molecule has 1 amide bonds. The van der Waals surface area contributed by atoms with E-state index in [0.717, 1.165) is 12.8 Å². The van der Waals surface area contributed by atoms with E-state index in [-0.39, 0.29) is 6.09 Å². The van der Waals surface area contributed by atoms with Gasteiger partial charge in [0.15, 0.2) is 0 Å². The number of alkyl carbamates (subject to hydrolysis) is 1. The standard InChI is InChI=1S/C11H24N2O2/c1-5-9(6-7-12)8-13-10(14)15-11(2,3)4/h9H,5-8,12H2,1-4H3,(H,13,14). The summed E-state index contributed by atoms with van der Waals surface area (Å²) in [5, 5.41) is 2.76. The van der Waals surface area contributed by atoms with Gasteiger partial charge in [-0.25, -0.2) is 4.79 Å². The third kappa shape index (κ3) is 8.24. The lowest BCUT2D eigenvalue weighted by Crippen LogP contribution is -2.35. The van der Waals surface area contributed by atoms with Gasteiger partial charge in [0, 0.05) is 6.54 Å². The Hall–Kier alpha value is -0.770. The molecule has 0 spiro atoms. The van der Waals surface area contributed by atoms with Gasteiger partial charge in [0.1, 0.15) is 5.60 Å². The summed E-state index contributed by atoms with van der Waals surface area (Å²) in [7, 11) is 0. The van der Waals surface area contributed by atoms with Crippen LogP contribution < -0.4 is 11.1 Å². The quantitative estimate of drug-likeness (QED) is 0.737. The van der Waals surface area contributed by atoms with Crippen molar-refractivity contribution in [2.24, 2.45) is 11.7 Å². The zero-order chi connectivity index (χ0) is 11.9. The van der Waals surface area contributed by atoms with Crippen molar-refractivity contribution in [2.75, 3.05) is 13.1 Å². The molecular formula is C11H24N2O2. The summed E-state index contributed by atoms with van der Waals surface area (Å²) in [6, 6.07) is 0. The Labute approximate surface area is 92.6 Å². The van der Waals surface area contributed by atoms with Gasteiger partial charge in [-0.15, -0.1) is 0 Å². The highest BCUT2D eigenvalue weighted by atomic mass is 16.6. The van der Waals surface area contributed by atoms with Crippen molar-refractivity contribution in [3.8, 4) is 0 Å². The molecule has 0 saturated heterocycles. The van der Waals surface area contributed by atoms with Crippen LogP contribution >= 0.6 is 0 Å². The van der Waals surface area contributed by atoms with E-state index < -0.39 is 5.60 Å². The van der Waals surface area contributed by atoms with Crippen LogP contribution in [0.1, 0.15) is 40.5 Å². The van der Waals surface area contributed by atoms with Crippen molar-refractivity contribution in [1.82, 2.24) is 5.32 Å². The van der Waals surface area contributed by atoms with Gasteiger partial charge >= 0.3 is 6.09 Å². The zero-order valence-corrected chi connectivity index (χ0v) is 10.3. The number of rotatable bonds is 5. The molecule has 4 heteroatoms. The fourth-order valence-electron chi connectivity index (χ4n) is 1.23. The molecule has 1 atom stereocenters. The average Bonchev–Trinajstić information content (AvgIpc) is 2.09. The summed E-state index contributed by atoms with van der Waals surface area (Å²) in [6.07, 6.45) is 1.61. The molecule has 0 bridgehead atoms. The summed E-state index contributed by atoms with van der Waals surface area (Å²) in [5.74, 6) is 0.447. The number of carbonyl (C=O) groups excluding carboxylic acids is 1. The van der Waals surface area contributed by atoms with Crippen molar-refractivity contribution >= 4 is 6.09 Å². The molecule has 0 fully saturated rings. The molecule has 3 N–H and O–H groups in total. The molecule has 0 heterocycles. The summed E-state index contributed by atoms with van der Waals surface area (Å²) in [4.78, 5) is 11.3. The van der Waals surface area contributed by atoms with E-state index in [1.54, 1.807) is 0 Å². The molecule has 0 saturated carbocycles. The summed E-state index contributed by atoms with van der Waals surface area (Å²) >= 11 is 0. The van der Waals surface area contributed by atoms with Gasteiger partial charge in [0.05, 0.1) is 0 Å². The molecule has 0 aliphatic carbocycles. The van der Waals surface area contributed by atoms with E-state index in [4.69, 9.17) is 10.5 Å². The highest BCUT2D eigenvalue weighted by Crippen LogP contribution is 2.08. The van der Waals surface area contributed by atoms with E-state index >= 15 is 0 Å². The lowest BCUT2D eigenvalue weighted by atomic mass is 10.0. The van der Waals surface area contributed by atoms with E-state index in [1.807, 2.05) is 20.8 Å². The maximum atomic E-state index is 11.3. The maximum Gasteiger partial charge on any atom is 0.407 e. The van der Waals surface area contributed by atoms with Crippen LogP contribution in [0.3, 0.4) is 0 Å². The van der Waals surface area contributed by atoms with E-state index in [9.17, 15) is 4.79 Å². The first-order valence-corrected chi connectivity index (χ1v) is 5.56. The van der Waals surface area contributed by atoms with Crippen molar-refractivity contribution in [3.05, 3.63) is 0 Å². The number of amides is 1. The van der Waals surface area contributed by atoms with Crippen LogP contribution in [0.2, 0.25) is 0 Å². The Morgan fingerprint density at radius 2 is 2.07 bits per heavy atom. The van der Waals surface area contributed by atoms with Crippen LogP contribution in [-0.2, 0) is 4.74 Å². The van der Waals surface area contributed by atoms with Gasteiger partial charge in [0.25, 0.3) is 0 Å². The molecule has 0 aliphatic heterocycles. The molecule has 0 aromatic heterocycles. The molecule has 0 rings (SSSR count). The Morgan fingerprint density at radius 1 is 1.47 bits per heavy atom. The average molecular weight is 216 g/mol. The third-order valence-corrected chi connectivity index (χ3v) is 2.09. The van der Waals surface area contributed by atoms with Crippen LogP contribution in [0.5, 0.6) is 0 Å². The van der Waals surface area contributed by atoms with Crippen LogP contribution in [-0.4, -0.2) is 24.8 Å². The predicted molar refractivity (Wildman–Crippen MR) is 61.7 cm³/mol. The minimum Gasteiger partial charge on any atom is -0.444 e. The minimum atomic E-state index is -0.431. The molecule has 1 unspecified atom stereocenters. The van der Waals surface area contributed by atoms with Gasteiger partial charge < -0.3 is 15.8 Å². The second kappa shape index (κ2) is 6.67. The van der Waals surface area contributed by atoms with Crippen LogP contribution in [0.15, 0.2) is 0 Å². The van der Waals surface area contributed by atoms with Crippen LogP contribution in [0, 0.1) is 5.92 Å². The van der Waals surface area contributed by atoms with Gasteiger partial charge in [-0.2, -0.15) is 0 Å². The first-order valence-electron chi connectivity index (χ1n) is 5.56. The molecule has 90 valence electrons. The molecule has 0 aromatic rings. The fraction of sp³-hybridized carbons (Fsp3) is 0.909. The minimum absolute atomic E-state index is 0.349. The number of nitrogens with two attached hydrogens (primary N) is 1.